The van der Waals surface area contributed by atoms with Gasteiger partial charge in [-0.3, -0.25) is 0 Å². The lowest BCUT2D eigenvalue weighted by atomic mass is 10.1. The SMILES string of the molecule is Cc1ccc(COc2ccc3[nH]cc(/C=C/C#N)c3c2)cc1. The van der Waals surface area contributed by atoms with Gasteiger partial charge in [0.1, 0.15) is 12.4 Å². The van der Waals surface area contributed by atoms with Crippen molar-refractivity contribution in [3.8, 4) is 11.8 Å². The van der Waals surface area contributed by atoms with Crippen molar-refractivity contribution < 1.29 is 4.74 Å². The molecular formula is C19H16N2O. The van der Waals surface area contributed by atoms with E-state index < -0.39 is 0 Å². The van der Waals surface area contributed by atoms with Gasteiger partial charge in [-0.15, -0.1) is 0 Å². The first kappa shape index (κ1) is 14.0. The Kier molecular flexibility index (Phi) is 3.93. The first-order valence-electron chi connectivity index (χ1n) is 7.12. The van der Waals surface area contributed by atoms with E-state index >= 15 is 0 Å². The Morgan fingerprint density at radius 1 is 1.18 bits per heavy atom. The van der Waals surface area contributed by atoms with Crippen LogP contribution in [-0.4, -0.2) is 4.98 Å². The van der Waals surface area contributed by atoms with E-state index in [2.05, 4.69) is 36.2 Å². The quantitative estimate of drug-likeness (QED) is 0.714. The van der Waals surface area contributed by atoms with Gasteiger partial charge in [0.2, 0.25) is 0 Å². The number of hydrogen-bond acceptors (Lipinski definition) is 2. The smallest absolute Gasteiger partial charge is 0.120 e. The Bertz CT molecular complexity index is 851. The lowest BCUT2D eigenvalue weighted by Gasteiger charge is -2.07. The van der Waals surface area contributed by atoms with Gasteiger partial charge in [0.15, 0.2) is 0 Å². The third-order valence-electron chi connectivity index (χ3n) is 3.55. The molecule has 0 aliphatic carbocycles. The predicted molar refractivity (Wildman–Crippen MR) is 88.5 cm³/mol. The summed E-state index contributed by atoms with van der Waals surface area (Å²) in [5.41, 5.74) is 4.40. The Morgan fingerprint density at radius 3 is 2.77 bits per heavy atom. The summed E-state index contributed by atoms with van der Waals surface area (Å²) in [6.45, 7) is 2.61. The number of allylic oxidation sites excluding steroid dienone is 1. The average molecular weight is 288 g/mol. The minimum atomic E-state index is 0.541. The minimum absolute atomic E-state index is 0.541. The summed E-state index contributed by atoms with van der Waals surface area (Å²) in [7, 11) is 0. The fraction of sp³-hybridized carbons (Fsp3) is 0.105. The summed E-state index contributed by atoms with van der Waals surface area (Å²) >= 11 is 0. The number of ether oxygens (including phenoxy) is 1. The molecule has 0 spiro atoms. The molecule has 0 radical (unpaired) electrons. The molecule has 0 saturated carbocycles. The normalized spacial score (nSPS) is 10.9. The van der Waals surface area contributed by atoms with Crippen LogP contribution in [0.3, 0.4) is 0 Å². The van der Waals surface area contributed by atoms with Gasteiger partial charge in [-0.25, -0.2) is 0 Å². The Morgan fingerprint density at radius 2 is 2.00 bits per heavy atom. The zero-order valence-corrected chi connectivity index (χ0v) is 12.3. The van der Waals surface area contributed by atoms with Crippen LogP contribution in [0.5, 0.6) is 5.75 Å². The number of hydrogen-bond donors (Lipinski definition) is 1. The van der Waals surface area contributed by atoms with Crippen LogP contribution in [0.15, 0.2) is 54.7 Å². The first-order chi connectivity index (χ1) is 10.8. The summed E-state index contributed by atoms with van der Waals surface area (Å²) in [6, 6.07) is 16.3. The van der Waals surface area contributed by atoms with Gasteiger partial charge in [-0.05, 0) is 36.8 Å². The first-order valence-corrected chi connectivity index (χ1v) is 7.12. The van der Waals surface area contributed by atoms with Crippen LogP contribution in [0.25, 0.3) is 17.0 Å². The number of fused-ring (bicyclic) bond motifs is 1. The van der Waals surface area contributed by atoms with E-state index in [1.54, 1.807) is 6.08 Å². The maximum atomic E-state index is 8.65. The summed E-state index contributed by atoms with van der Waals surface area (Å²) in [5.74, 6) is 0.819. The van der Waals surface area contributed by atoms with Crippen molar-refractivity contribution in [1.82, 2.24) is 4.98 Å². The molecule has 0 amide bonds. The van der Waals surface area contributed by atoms with Crippen molar-refractivity contribution >= 4 is 17.0 Å². The molecule has 22 heavy (non-hydrogen) atoms. The van der Waals surface area contributed by atoms with E-state index in [1.165, 1.54) is 11.6 Å². The van der Waals surface area contributed by atoms with E-state index in [-0.39, 0.29) is 0 Å². The molecule has 2 aromatic carbocycles. The number of aromatic amines is 1. The van der Waals surface area contributed by atoms with Gasteiger partial charge in [0.05, 0.1) is 6.07 Å². The Hall–Kier alpha value is -2.99. The molecule has 1 aromatic heterocycles. The number of nitriles is 1. The van der Waals surface area contributed by atoms with E-state index in [0.717, 1.165) is 27.8 Å². The second-order valence-electron chi connectivity index (χ2n) is 5.19. The molecule has 3 heteroatoms. The highest BCUT2D eigenvalue weighted by atomic mass is 16.5. The summed E-state index contributed by atoms with van der Waals surface area (Å²) < 4.78 is 5.87. The lowest BCUT2D eigenvalue weighted by molar-refractivity contribution is 0.306. The predicted octanol–water partition coefficient (Wildman–Crippen LogP) is 4.59. The maximum Gasteiger partial charge on any atom is 0.120 e. The molecule has 0 aliphatic heterocycles. The standard InChI is InChI=1S/C19H16N2O/c1-14-4-6-15(7-5-14)13-22-17-8-9-19-18(11-17)16(12-21-19)3-2-10-20/h2-9,11-12,21H,13H2,1H3/b3-2+. The van der Waals surface area contributed by atoms with Crippen LogP contribution in [0.1, 0.15) is 16.7 Å². The molecule has 0 bridgehead atoms. The molecule has 0 saturated heterocycles. The highest BCUT2D eigenvalue weighted by Gasteiger charge is 2.03. The van der Waals surface area contributed by atoms with E-state index in [0.29, 0.717) is 6.61 Å². The molecule has 108 valence electrons. The maximum absolute atomic E-state index is 8.65. The van der Waals surface area contributed by atoms with Crippen molar-refractivity contribution in [3.05, 3.63) is 71.4 Å². The highest BCUT2D eigenvalue weighted by Crippen LogP contribution is 2.25. The fourth-order valence-electron chi connectivity index (χ4n) is 2.33. The number of rotatable bonds is 4. The topological polar surface area (TPSA) is 48.8 Å². The molecule has 1 N–H and O–H groups in total. The van der Waals surface area contributed by atoms with E-state index in [9.17, 15) is 0 Å². The molecule has 0 aliphatic rings. The molecule has 3 aromatic rings. The minimum Gasteiger partial charge on any atom is -0.489 e. The van der Waals surface area contributed by atoms with Crippen LogP contribution in [-0.2, 0) is 6.61 Å². The highest BCUT2D eigenvalue weighted by molar-refractivity contribution is 5.90. The van der Waals surface area contributed by atoms with Crippen LogP contribution >= 0.6 is 0 Å². The number of aromatic nitrogens is 1. The molecular weight excluding hydrogens is 272 g/mol. The van der Waals surface area contributed by atoms with Crippen LogP contribution < -0.4 is 4.74 Å². The van der Waals surface area contributed by atoms with Crippen molar-refractivity contribution in [2.75, 3.05) is 0 Å². The molecule has 1 heterocycles. The van der Waals surface area contributed by atoms with Crippen LogP contribution in [0, 0.1) is 18.3 Å². The summed E-state index contributed by atoms with van der Waals surface area (Å²) in [4.78, 5) is 3.19. The molecule has 0 fully saturated rings. The molecule has 0 atom stereocenters. The van der Waals surface area contributed by atoms with Gasteiger partial charge in [0, 0.05) is 28.7 Å². The van der Waals surface area contributed by atoms with Gasteiger partial charge in [-0.2, -0.15) is 5.26 Å². The van der Waals surface area contributed by atoms with Crippen molar-refractivity contribution in [2.24, 2.45) is 0 Å². The van der Waals surface area contributed by atoms with Crippen molar-refractivity contribution in [3.63, 3.8) is 0 Å². The molecule has 0 unspecified atom stereocenters. The van der Waals surface area contributed by atoms with E-state index in [1.807, 2.05) is 30.5 Å². The fourth-order valence-corrected chi connectivity index (χ4v) is 2.33. The van der Waals surface area contributed by atoms with Crippen LogP contribution in [0.2, 0.25) is 0 Å². The molecule has 3 nitrogen and oxygen atoms in total. The third kappa shape index (κ3) is 3.02. The second kappa shape index (κ2) is 6.19. The van der Waals surface area contributed by atoms with Gasteiger partial charge < -0.3 is 9.72 Å². The zero-order valence-electron chi connectivity index (χ0n) is 12.3. The number of benzene rings is 2. The number of nitrogens with one attached hydrogen (secondary N) is 1. The number of H-pyrrole nitrogens is 1. The van der Waals surface area contributed by atoms with Gasteiger partial charge in [-0.1, -0.05) is 29.8 Å². The Labute approximate surface area is 129 Å². The Balaban J connectivity index is 1.80. The number of aryl methyl sites for hydroxylation is 1. The third-order valence-corrected chi connectivity index (χ3v) is 3.55. The monoisotopic (exact) mass is 288 g/mol. The van der Waals surface area contributed by atoms with Crippen molar-refractivity contribution in [1.29, 1.82) is 5.26 Å². The summed E-state index contributed by atoms with van der Waals surface area (Å²) in [5, 5.41) is 9.70. The van der Waals surface area contributed by atoms with Crippen molar-refractivity contribution in [2.45, 2.75) is 13.5 Å². The molecule has 3 rings (SSSR count). The van der Waals surface area contributed by atoms with Gasteiger partial charge in [0.25, 0.3) is 0 Å². The summed E-state index contributed by atoms with van der Waals surface area (Å²) in [6.07, 6.45) is 5.16. The van der Waals surface area contributed by atoms with Gasteiger partial charge >= 0.3 is 0 Å². The zero-order chi connectivity index (χ0) is 15.4. The largest absolute Gasteiger partial charge is 0.489 e. The number of nitrogens with zero attached hydrogens (tertiary/aromatic N) is 1. The van der Waals surface area contributed by atoms with Crippen LogP contribution in [0.4, 0.5) is 0 Å². The lowest BCUT2D eigenvalue weighted by Crippen LogP contribution is -1.95. The van der Waals surface area contributed by atoms with E-state index in [4.69, 9.17) is 10.00 Å². The average Bonchev–Trinajstić information content (AvgIpc) is 2.95. The second-order valence-corrected chi connectivity index (χ2v) is 5.19.